The number of aromatic hydroxyl groups is 1. The van der Waals surface area contributed by atoms with Crippen LogP contribution in [0.5, 0.6) is 5.75 Å². The summed E-state index contributed by atoms with van der Waals surface area (Å²) < 4.78 is 5.88. The van der Waals surface area contributed by atoms with Crippen LogP contribution in [0.2, 0.25) is 5.02 Å². The number of fused-ring (bicyclic) bond motifs is 2. The molecule has 0 bridgehead atoms. The highest BCUT2D eigenvalue weighted by atomic mass is 35.5. The van der Waals surface area contributed by atoms with Crippen LogP contribution in [-0.4, -0.2) is 16.0 Å². The lowest BCUT2D eigenvalue weighted by Gasteiger charge is -2.24. The number of aryl methyl sites for hydroxylation is 1. The molecule has 148 valence electrons. The summed E-state index contributed by atoms with van der Waals surface area (Å²) in [6.45, 7) is 1.82. The van der Waals surface area contributed by atoms with Crippen molar-refractivity contribution in [3.05, 3.63) is 98.5 Å². The Morgan fingerprint density at radius 3 is 2.63 bits per heavy atom. The number of rotatable bonds is 2. The molecule has 5 rings (SSSR count). The monoisotopic (exact) mass is 418 g/mol. The second-order valence-electron chi connectivity index (χ2n) is 7.12. The van der Waals surface area contributed by atoms with Gasteiger partial charge < -0.3 is 9.52 Å². The molecular weight excluding hydrogens is 404 g/mol. The molecule has 0 spiro atoms. The summed E-state index contributed by atoms with van der Waals surface area (Å²) >= 11 is 6.09. The number of hydrogen-bond donors (Lipinski definition) is 1. The van der Waals surface area contributed by atoms with Gasteiger partial charge in [0.1, 0.15) is 17.2 Å². The van der Waals surface area contributed by atoms with E-state index >= 15 is 0 Å². The fourth-order valence-electron chi connectivity index (χ4n) is 3.85. The molecule has 7 heteroatoms. The lowest BCUT2D eigenvalue weighted by Crippen LogP contribution is -2.30. The molecule has 1 amide bonds. The molecule has 3 heterocycles. The Hall–Kier alpha value is -3.64. The molecule has 1 atom stereocenters. The summed E-state index contributed by atoms with van der Waals surface area (Å²) in [7, 11) is 0. The Morgan fingerprint density at radius 2 is 1.87 bits per heavy atom. The number of carbonyl (C=O) groups excluding carboxylic acids is 1. The first-order valence-electron chi connectivity index (χ1n) is 9.26. The van der Waals surface area contributed by atoms with Crippen LogP contribution in [0, 0.1) is 6.92 Å². The Kier molecular flexibility index (Phi) is 4.11. The van der Waals surface area contributed by atoms with Crippen LogP contribution in [0.25, 0.3) is 11.0 Å². The molecule has 0 aliphatic carbocycles. The number of pyridine rings is 1. The van der Waals surface area contributed by atoms with Gasteiger partial charge in [0, 0.05) is 10.7 Å². The molecule has 0 radical (unpaired) electrons. The summed E-state index contributed by atoms with van der Waals surface area (Å²) in [5.41, 5.74) is 1.43. The minimum absolute atomic E-state index is 0.0266. The molecule has 6 nitrogen and oxygen atoms in total. The van der Waals surface area contributed by atoms with E-state index in [1.807, 2.05) is 13.0 Å². The number of aromatic nitrogens is 1. The van der Waals surface area contributed by atoms with Crippen LogP contribution in [-0.2, 0) is 0 Å². The molecule has 0 saturated carbocycles. The maximum absolute atomic E-state index is 13.5. The smallest absolute Gasteiger partial charge is 0.296 e. The average Bonchev–Trinajstić information content (AvgIpc) is 3.01. The van der Waals surface area contributed by atoms with Gasteiger partial charge in [-0.15, -0.1) is 0 Å². The number of benzene rings is 2. The van der Waals surface area contributed by atoms with Crippen molar-refractivity contribution in [2.45, 2.75) is 13.0 Å². The zero-order valence-electron chi connectivity index (χ0n) is 15.8. The number of halogens is 1. The van der Waals surface area contributed by atoms with E-state index < -0.39 is 11.9 Å². The minimum Gasteiger partial charge on any atom is -0.508 e. The molecule has 0 fully saturated rings. The zero-order valence-corrected chi connectivity index (χ0v) is 16.6. The van der Waals surface area contributed by atoms with Gasteiger partial charge in [-0.25, -0.2) is 4.98 Å². The highest BCUT2D eigenvalue weighted by molar-refractivity contribution is 6.31. The number of phenols is 1. The second kappa shape index (κ2) is 6.71. The number of carbonyl (C=O) groups is 1. The van der Waals surface area contributed by atoms with Gasteiger partial charge in [-0.3, -0.25) is 14.5 Å². The van der Waals surface area contributed by atoms with Crippen LogP contribution in [0.3, 0.4) is 0 Å². The predicted octanol–water partition coefficient (Wildman–Crippen LogP) is 4.61. The molecule has 30 heavy (non-hydrogen) atoms. The van der Waals surface area contributed by atoms with Gasteiger partial charge in [-0.05, 0) is 55.0 Å². The quantitative estimate of drug-likeness (QED) is 0.514. The molecule has 4 aromatic rings. The fraction of sp³-hybridized carbons (Fsp3) is 0.0870. The van der Waals surface area contributed by atoms with Crippen molar-refractivity contribution in [1.29, 1.82) is 0 Å². The first-order valence-corrected chi connectivity index (χ1v) is 9.64. The summed E-state index contributed by atoms with van der Waals surface area (Å²) in [5.74, 6) is -0.0862. The first kappa shape index (κ1) is 18.4. The van der Waals surface area contributed by atoms with Crippen LogP contribution in [0.15, 0.2) is 69.9 Å². The topological polar surface area (TPSA) is 83.6 Å². The van der Waals surface area contributed by atoms with Crippen LogP contribution in [0.4, 0.5) is 5.82 Å². The number of amides is 1. The predicted molar refractivity (Wildman–Crippen MR) is 113 cm³/mol. The van der Waals surface area contributed by atoms with E-state index in [-0.39, 0.29) is 28.1 Å². The minimum atomic E-state index is -0.798. The van der Waals surface area contributed by atoms with E-state index in [0.717, 1.165) is 5.69 Å². The molecule has 0 saturated heterocycles. The highest BCUT2D eigenvalue weighted by Gasteiger charge is 2.44. The standard InChI is InChI=1S/C23H15ClN2O4/c1-12-4-2-7-18(25-12)26-20(13-5-3-6-15(27)10-13)19-21(28)16-11-14(24)8-9-17(16)30-22(19)23(26)29/h2-11,20,27H,1H3/t20-/m0/s1. The van der Waals surface area contributed by atoms with Crippen LogP contribution in [0.1, 0.15) is 33.4 Å². The number of hydrogen-bond acceptors (Lipinski definition) is 5. The van der Waals surface area contributed by atoms with Gasteiger partial charge in [0.2, 0.25) is 5.76 Å². The third-order valence-electron chi connectivity index (χ3n) is 5.14. The van der Waals surface area contributed by atoms with Gasteiger partial charge in [0.05, 0.1) is 17.0 Å². The Morgan fingerprint density at radius 1 is 1.07 bits per heavy atom. The Bertz CT molecular complexity index is 1400. The molecule has 1 aliphatic rings. The van der Waals surface area contributed by atoms with Crippen molar-refractivity contribution in [3.63, 3.8) is 0 Å². The lowest BCUT2D eigenvalue weighted by atomic mass is 9.98. The number of anilines is 1. The van der Waals surface area contributed by atoms with Gasteiger partial charge in [-0.2, -0.15) is 0 Å². The zero-order chi connectivity index (χ0) is 21.0. The summed E-state index contributed by atoms with van der Waals surface area (Å²) in [5, 5.41) is 10.7. The first-order chi connectivity index (χ1) is 14.4. The van der Waals surface area contributed by atoms with Crippen molar-refractivity contribution in [1.82, 2.24) is 4.98 Å². The van der Waals surface area contributed by atoms with E-state index in [1.165, 1.54) is 23.1 Å². The van der Waals surface area contributed by atoms with E-state index in [1.54, 1.807) is 36.4 Å². The molecular formula is C23H15ClN2O4. The van der Waals surface area contributed by atoms with Crippen molar-refractivity contribution >= 4 is 34.3 Å². The lowest BCUT2D eigenvalue weighted by molar-refractivity contribution is 0.0970. The SMILES string of the molecule is Cc1cccc(N2C(=O)c3oc4ccc(Cl)cc4c(=O)c3[C@@H]2c2cccc(O)c2)n1. The van der Waals surface area contributed by atoms with Crippen molar-refractivity contribution in [2.75, 3.05) is 4.90 Å². The van der Waals surface area contributed by atoms with Crippen LogP contribution >= 0.6 is 11.6 Å². The van der Waals surface area contributed by atoms with Gasteiger partial charge in [0.15, 0.2) is 5.43 Å². The second-order valence-corrected chi connectivity index (χ2v) is 7.56. The highest BCUT2D eigenvalue weighted by Crippen LogP contribution is 2.41. The molecule has 1 N–H and O–H groups in total. The van der Waals surface area contributed by atoms with Crippen molar-refractivity contribution in [3.8, 4) is 5.75 Å². The summed E-state index contributed by atoms with van der Waals surface area (Å²) in [4.78, 5) is 32.8. The summed E-state index contributed by atoms with van der Waals surface area (Å²) in [6, 6.07) is 15.7. The molecule has 0 unspecified atom stereocenters. The van der Waals surface area contributed by atoms with Crippen LogP contribution < -0.4 is 10.3 Å². The third-order valence-corrected chi connectivity index (χ3v) is 5.37. The van der Waals surface area contributed by atoms with E-state index in [4.69, 9.17) is 16.0 Å². The Balaban J connectivity index is 1.84. The third kappa shape index (κ3) is 2.76. The van der Waals surface area contributed by atoms with E-state index in [9.17, 15) is 14.7 Å². The molecule has 1 aliphatic heterocycles. The normalized spacial score (nSPS) is 15.6. The van der Waals surface area contributed by atoms with Gasteiger partial charge >= 0.3 is 0 Å². The fourth-order valence-corrected chi connectivity index (χ4v) is 4.03. The number of phenolic OH excluding ortho intramolecular Hbond substituents is 1. The van der Waals surface area contributed by atoms with Crippen molar-refractivity contribution < 1.29 is 14.3 Å². The average molecular weight is 419 g/mol. The summed E-state index contributed by atoms with van der Waals surface area (Å²) in [6.07, 6.45) is 0. The van der Waals surface area contributed by atoms with E-state index in [0.29, 0.717) is 21.8 Å². The van der Waals surface area contributed by atoms with Gasteiger partial charge in [-0.1, -0.05) is 29.8 Å². The van der Waals surface area contributed by atoms with E-state index in [2.05, 4.69) is 4.98 Å². The molecule has 2 aromatic heterocycles. The number of nitrogens with zero attached hydrogens (tertiary/aromatic N) is 2. The Labute approximate surface area is 176 Å². The molecule has 2 aromatic carbocycles. The van der Waals surface area contributed by atoms with Crippen molar-refractivity contribution in [2.24, 2.45) is 0 Å². The maximum atomic E-state index is 13.5. The van der Waals surface area contributed by atoms with Gasteiger partial charge in [0.25, 0.3) is 5.91 Å². The largest absolute Gasteiger partial charge is 0.508 e. The maximum Gasteiger partial charge on any atom is 0.296 e.